The fourth-order valence-corrected chi connectivity index (χ4v) is 3.38. The Morgan fingerprint density at radius 1 is 0.667 bits per heavy atom. The predicted molar refractivity (Wildman–Crippen MR) is 112 cm³/mol. The third-order valence-electron chi connectivity index (χ3n) is 4.87. The molecule has 0 N–H and O–H groups in total. The van der Waals surface area contributed by atoms with Crippen LogP contribution in [0.2, 0.25) is 0 Å². The minimum absolute atomic E-state index is 0.900. The van der Waals surface area contributed by atoms with Gasteiger partial charge >= 0.3 is 0 Å². The van der Waals surface area contributed by atoms with E-state index >= 15 is 0 Å². The second-order valence-electron chi connectivity index (χ2n) is 6.65. The minimum atomic E-state index is 0.900. The number of ether oxygens (including phenoxy) is 1. The summed E-state index contributed by atoms with van der Waals surface area (Å²) in [4.78, 5) is 0. The van der Waals surface area contributed by atoms with Gasteiger partial charge in [0.1, 0.15) is 5.75 Å². The summed E-state index contributed by atoms with van der Waals surface area (Å²) in [6.45, 7) is 0.943. The predicted octanol–water partition coefficient (Wildman–Crippen LogP) is 6.07. The van der Waals surface area contributed by atoms with Crippen LogP contribution in [0.3, 0.4) is 0 Å². The lowest BCUT2D eigenvalue weighted by Gasteiger charge is -2.05. The first kappa shape index (κ1) is 17.2. The second-order valence-corrected chi connectivity index (χ2v) is 6.65. The summed E-state index contributed by atoms with van der Waals surface area (Å²) in [7, 11) is 1.70. The van der Waals surface area contributed by atoms with Crippen LogP contribution in [0.4, 0.5) is 0 Å². The van der Waals surface area contributed by atoms with Crippen molar-refractivity contribution in [2.75, 3.05) is 7.11 Å². The van der Waals surface area contributed by atoms with Gasteiger partial charge in [-0.3, -0.25) is 0 Å². The Bertz CT molecular complexity index is 929. The average molecular weight is 353 g/mol. The van der Waals surface area contributed by atoms with E-state index in [0.29, 0.717) is 0 Å². The monoisotopic (exact) mass is 353 g/mol. The average Bonchev–Trinajstić information content (AvgIpc) is 3.18. The fraction of sp³-hybridized carbons (Fsp3) is 0.120. The highest BCUT2D eigenvalue weighted by Gasteiger charge is 2.11. The normalized spacial score (nSPS) is 10.7. The molecule has 0 aliphatic heterocycles. The molecule has 0 spiro atoms. The molecule has 2 heteroatoms. The standard InChI is InChI=1S/C25H23NO/c1-27-23-14-12-20(13-15-23)16-17-26-18-24(21-8-4-2-5-9-21)25(19-26)22-10-6-3-7-11-22/h2-15,18-19H,16-17H2,1H3. The zero-order chi connectivity index (χ0) is 18.5. The van der Waals surface area contributed by atoms with Gasteiger partial charge in [0, 0.05) is 30.1 Å². The van der Waals surface area contributed by atoms with Crippen LogP contribution >= 0.6 is 0 Å². The van der Waals surface area contributed by atoms with E-state index in [1.165, 1.54) is 27.8 Å². The highest BCUT2D eigenvalue weighted by molar-refractivity contribution is 5.83. The van der Waals surface area contributed by atoms with Crippen LogP contribution in [0.5, 0.6) is 5.75 Å². The quantitative estimate of drug-likeness (QED) is 0.410. The lowest BCUT2D eigenvalue weighted by atomic mass is 9.99. The van der Waals surface area contributed by atoms with E-state index in [9.17, 15) is 0 Å². The third kappa shape index (κ3) is 3.95. The highest BCUT2D eigenvalue weighted by Crippen LogP contribution is 2.33. The number of methoxy groups -OCH3 is 1. The molecular weight excluding hydrogens is 330 g/mol. The van der Waals surface area contributed by atoms with Gasteiger partial charge in [0.25, 0.3) is 0 Å². The van der Waals surface area contributed by atoms with Gasteiger partial charge in [-0.2, -0.15) is 0 Å². The number of nitrogens with zero attached hydrogens (tertiary/aromatic N) is 1. The van der Waals surface area contributed by atoms with Crippen molar-refractivity contribution in [3.05, 3.63) is 103 Å². The summed E-state index contributed by atoms with van der Waals surface area (Å²) in [5.74, 6) is 0.900. The molecule has 0 amide bonds. The molecule has 0 fully saturated rings. The van der Waals surface area contributed by atoms with E-state index in [-0.39, 0.29) is 0 Å². The largest absolute Gasteiger partial charge is 0.497 e. The maximum absolute atomic E-state index is 5.24. The number of aryl methyl sites for hydroxylation is 2. The lowest BCUT2D eigenvalue weighted by Crippen LogP contribution is -1.98. The van der Waals surface area contributed by atoms with Gasteiger partial charge in [0.15, 0.2) is 0 Å². The minimum Gasteiger partial charge on any atom is -0.497 e. The summed E-state index contributed by atoms with van der Waals surface area (Å²) < 4.78 is 7.54. The molecule has 0 atom stereocenters. The molecule has 4 aromatic rings. The van der Waals surface area contributed by atoms with Crippen LogP contribution in [0.15, 0.2) is 97.3 Å². The van der Waals surface area contributed by atoms with Gasteiger partial charge in [-0.25, -0.2) is 0 Å². The molecule has 0 aliphatic rings. The Labute approximate surface area is 160 Å². The molecule has 2 nitrogen and oxygen atoms in total. The van der Waals surface area contributed by atoms with Crippen LogP contribution in [0.25, 0.3) is 22.3 Å². The van der Waals surface area contributed by atoms with Gasteiger partial charge in [-0.05, 0) is 35.2 Å². The molecule has 3 aromatic carbocycles. The van der Waals surface area contributed by atoms with Gasteiger partial charge in [-0.15, -0.1) is 0 Å². The molecule has 0 unspecified atom stereocenters. The van der Waals surface area contributed by atoms with E-state index < -0.39 is 0 Å². The Kier molecular flexibility index (Phi) is 5.06. The highest BCUT2D eigenvalue weighted by atomic mass is 16.5. The summed E-state index contributed by atoms with van der Waals surface area (Å²) in [6.07, 6.45) is 5.52. The van der Waals surface area contributed by atoms with Crippen molar-refractivity contribution in [3.8, 4) is 28.0 Å². The van der Waals surface area contributed by atoms with E-state index in [1.54, 1.807) is 7.11 Å². The van der Waals surface area contributed by atoms with E-state index in [2.05, 4.69) is 89.8 Å². The first-order valence-corrected chi connectivity index (χ1v) is 9.27. The van der Waals surface area contributed by atoms with Crippen LogP contribution in [-0.2, 0) is 13.0 Å². The van der Waals surface area contributed by atoms with Crippen LogP contribution in [0, 0.1) is 0 Å². The zero-order valence-electron chi connectivity index (χ0n) is 15.5. The number of rotatable bonds is 6. The van der Waals surface area contributed by atoms with Gasteiger partial charge in [-0.1, -0.05) is 72.8 Å². The van der Waals surface area contributed by atoms with Gasteiger partial charge in [0.2, 0.25) is 0 Å². The molecule has 1 aromatic heterocycles. The molecule has 27 heavy (non-hydrogen) atoms. The van der Waals surface area contributed by atoms with Crippen LogP contribution in [-0.4, -0.2) is 11.7 Å². The molecule has 0 saturated carbocycles. The van der Waals surface area contributed by atoms with Crippen LogP contribution in [0.1, 0.15) is 5.56 Å². The summed E-state index contributed by atoms with van der Waals surface area (Å²) in [5, 5.41) is 0. The van der Waals surface area contributed by atoms with Crippen molar-refractivity contribution >= 4 is 0 Å². The van der Waals surface area contributed by atoms with Gasteiger partial charge < -0.3 is 9.30 Å². The Hall–Kier alpha value is -3.26. The molecule has 0 radical (unpaired) electrons. The molecule has 0 aliphatic carbocycles. The number of benzene rings is 3. The van der Waals surface area contributed by atoms with Crippen molar-refractivity contribution in [1.29, 1.82) is 0 Å². The number of hydrogen-bond donors (Lipinski definition) is 0. The topological polar surface area (TPSA) is 14.2 Å². The van der Waals surface area contributed by atoms with Crippen molar-refractivity contribution in [1.82, 2.24) is 4.57 Å². The SMILES string of the molecule is COc1ccc(CCn2cc(-c3ccccc3)c(-c3ccccc3)c2)cc1. The Morgan fingerprint density at radius 2 is 1.19 bits per heavy atom. The Morgan fingerprint density at radius 3 is 1.67 bits per heavy atom. The summed E-state index contributed by atoms with van der Waals surface area (Å²) >= 11 is 0. The summed E-state index contributed by atoms with van der Waals surface area (Å²) in [6, 6.07) is 29.5. The molecule has 0 saturated heterocycles. The van der Waals surface area contributed by atoms with Crippen LogP contribution < -0.4 is 4.74 Å². The smallest absolute Gasteiger partial charge is 0.118 e. The summed E-state index contributed by atoms with van der Waals surface area (Å²) in [5.41, 5.74) is 6.36. The fourth-order valence-electron chi connectivity index (χ4n) is 3.38. The van der Waals surface area contributed by atoms with Crippen molar-refractivity contribution < 1.29 is 4.74 Å². The zero-order valence-corrected chi connectivity index (χ0v) is 15.5. The molecule has 134 valence electrons. The Balaban J connectivity index is 1.62. The molecule has 0 bridgehead atoms. The maximum Gasteiger partial charge on any atom is 0.118 e. The molecule has 4 rings (SSSR count). The van der Waals surface area contributed by atoms with E-state index in [0.717, 1.165) is 18.7 Å². The number of aromatic nitrogens is 1. The molecular formula is C25H23NO. The second kappa shape index (κ2) is 7.96. The maximum atomic E-state index is 5.24. The molecule has 1 heterocycles. The third-order valence-corrected chi connectivity index (χ3v) is 4.87. The first-order valence-electron chi connectivity index (χ1n) is 9.27. The van der Waals surface area contributed by atoms with Crippen molar-refractivity contribution in [2.45, 2.75) is 13.0 Å². The van der Waals surface area contributed by atoms with Gasteiger partial charge in [0.05, 0.1) is 7.11 Å². The lowest BCUT2D eigenvalue weighted by molar-refractivity contribution is 0.414. The van der Waals surface area contributed by atoms with E-state index in [4.69, 9.17) is 4.74 Å². The first-order chi connectivity index (χ1) is 13.3. The van der Waals surface area contributed by atoms with Crippen molar-refractivity contribution in [2.24, 2.45) is 0 Å². The number of hydrogen-bond acceptors (Lipinski definition) is 1. The van der Waals surface area contributed by atoms with E-state index in [1.807, 2.05) is 12.1 Å². The van der Waals surface area contributed by atoms with Crippen molar-refractivity contribution in [3.63, 3.8) is 0 Å².